The minimum Gasteiger partial charge on any atom is -0.489 e. The van der Waals surface area contributed by atoms with Crippen LogP contribution in [0.15, 0.2) is 59.0 Å². The standard InChI is InChI=1S/C20H22N2O4/c1-14(19-13-15-7-3-5-9-17(15)26-19)21-20(23)22-16-8-4-6-10-18(16)25-12-11-24-2/h3-10,13-14H,11-12H2,1-2H3,(H2,21,22,23). The molecule has 0 aliphatic carbocycles. The average Bonchev–Trinajstić information content (AvgIpc) is 3.07. The normalized spacial score (nSPS) is 11.9. The molecule has 3 rings (SSSR count). The van der Waals surface area contributed by atoms with Gasteiger partial charge in [0.05, 0.1) is 18.3 Å². The van der Waals surface area contributed by atoms with Gasteiger partial charge in [0.1, 0.15) is 23.7 Å². The van der Waals surface area contributed by atoms with Gasteiger partial charge < -0.3 is 24.5 Å². The maximum Gasteiger partial charge on any atom is 0.319 e. The molecular weight excluding hydrogens is 332 g/mol. The predicted octanol–water partition coefficient (Wildman–Crippen LogP) is 4.34. The van der Waals surface area contributed by atoms with E-state index in [9.17, 15) is 4.79 Å². The van der Waals surface area contributed by atoms with E-state index in [1.165, 1.54) is 0 Å². The second-order valence-electron chi connectivity index (χ2n) is 5.84. The first-order valence-electron chi connectivity index (χ1n) is 8.44. The number of ether oxygens (including phenoxy) is 2. The van der Waals surface area contributed by atoms with Gasteiger partial charge in [-0.15, -0.1) is 0 Å². The molecule has 0 fully saturated rings. The molecule has 0 aliphatic rings. The molecule has 0 spiro atoms. The van der Waals surface area contributed by atoms with Gasteiger partial charge >= 0.3 is 6.03 Å². The van der Waals surface area contributed by atoms with Gasteiger partial charge in [0.2, 0.25) is 0 Å². The van der Waals surface area contributed by atoms with Crippen LogP contribution in [0.4, 0.5) is 10.5 Å². The molecule has 2 N–H and O–H groups in total. The maximum absolute atomic E-state index is 12.3. The van der Waals surface area contributed by atoms with Crippen molar-refractivity contribution in [1.29, 1.82) is 0 Å². The molecule has 0 aliphatic heterocycles. The van der Waals surface area contributed by atoms with Gasteiger partial charge in [-0.25, -0.2) is 4.79 Å². The van der Waals surface area contributed by atoms with Crippen molar-refractivity contribution < 1.29 is 18.7 Å². The summed E-state index contributed by atoms with van der Waals surface area (Å²) >= 11 is 0. The minimum absolute atomic E-state index is 0.274. The zero-order valence-corrected chi connectivity index (χ0v) is 14.8. The predicted molar refractivity (Wildman–Crippen MR) is 101 cm³/mol. The van der Waals surface area contributed by atoms with E-state index in [0.29, 0.717) is 30.4 Å². The highest BCUT2D eigenvalue weighted by Crippen LogP contribution is 2.25. The highest BCUT2D eigenvalue weighted by atomic mass is 16.5. The molecule has 136 valence electrons. The third kappa shape index (κ3) is 4.34. The van der Waals surface area contributed by atoms with Crippen molar-refractivity contribution in [2.45, 2.75) is 13.0 Å². The number of urea groups is 1. The molecule has 1 atom stereocenters. The summed E-state index contributed by atoms with van der Waals surface area (Å²) in [5.74, 6) is 1.29. The molecule has 26 heavy (non-hydrogen) atoms. The molecule has 0 radical (unpaired) electrons. The van der Waals surface area contributed by atoms with Crippen LogP contribution in [-0.2, 0) is 4.74 Å². The lowest BCUT2D eigenvalue weighted by Gasteiger charge is -2.15. The number of benzene rings is 2. The zero-order chi connectivity index (χ0) is 18.4. The van der Waals surface area contributed by atoms with Crippen LogP contribution in [0.3, 0.4) is 0 Å². The zero-order valence-electron chi connectivity index (χ0n) is 14.8. The van der Waals surface area contributed by atoms with Crippen LogP contribution >= 0.6 is 0 Å². The lowest BCUT2D eigenvalue weighted by Crippen LogP contribution is -2.31. The molecule has 2 aromatic carbocycles. The second kappa shape index (κ2) is 8.40. The van der Waals surface area contributed by atoms with Crippen LogP contribution in [0.25, 0.3) is 11.0 Å². The van der Waals surface area contributed by atoms with Gasteiger partial charge in [0.15, 0.2) is 0 Å². The van der Waals surface area contributed by atoms with E-state index in [1.807, 2.05) is 49.4 Å². The molecular formula is C20H22N2O4. The third-order valence-electron chi connectivity index (χ3n) is 3.90. The Morgan fingerprint density at radius 3 is 2.69 bits per heavy atom. The summed E-state index contributed by atoms with van der Waals surface area (Å²) in [6.45, 7) is 2.76. The molecule has 0 saturated carbocycles. The fourth-order valence-corrected chi connectivity index (χ4v) is 2.57. The first-order valence-corrected chi connectivity index (χ1v) is 8.44. The fourth-order valence-electron chi connectivity index (χ4n) is 2.57. The summed E-state index contributed by atoms with van der Waals surface area (Å²) in [4.78, 5) is 12.3. The first-order chi connectivity index (χ1) is 12.7. The number of anilines is 1. The molecule has 0 saturated heterocycles. The molecule has 1 heterocycles. The highest BCUT2D eigenvalue weighted by Gasteiger charge is 2.15. The maximum atomic E-state index is 12.3. The van der Waals surface area contributed by atoms with E-state index in [2.05, 4.69) is 10.6 Å². The lowest BCUT2D eigenvalue weighted by molar-refractivity contribution is 0.146. The number of methoxy groups -OCH3 is 1. The van der Waals surface area contributed by atoms with Crippen molar-refractivity contribution in [3.8, 4) is 5.75 Å². The largest absolute Gasteiger partial charge is 0.489 e. The third-order valence-corrected chi connectivity index (χ3v) is 3.90. The molecule has 1 unspecified atom stereocenters. The summed E-state index contributed by atoms with van der Waals surface area (Å²) in [5, 5.41) is 6.70. The van der Waals surface area contributed by atoms with Crippen LogP contribution in [0.2, 0.25) is 0 Å². The number of amides is 2. The van der Waals surface area contributed by atoms with E-state index in [0.717, 1.165) is 11.0 Å². The monoisotopic (exact) mass is 354 g/mol. The Balaban J connectivity index is 1.63. The number of carbonyl (C=O) groups is 1. The van der Waals surface area contributed by atoms with Crippen LogP contribution in [0.5, 0.6) is 5.75 Å². The molecule has 1 aromatic heterocycles. The fraction of sp³-hybridized carbons (Fsp3) is 0.250. The molecule has 0 bridgehead atoms. The van der Waals surface area contributed by atoms with E-state index < -0.39 is 0 Å². The Labute approximate surface area is 152 Å². The van der Waals surface area contributed by atoms with Gasteiger partial charge in [-0.1, -0.05) is 30.3 Å². The van der Waals surface area contributed by atoms with Crippen molar-refractivity contribution in [3.05, 3.63) is 60.4 Å². The van der Waals surface area contributed by atoms with Gasteiger partial charge in [0, 0.05) is 12.5 Å². The second-order valence-corrected chi connectivity index (χ2v) is 5.84. The van der Waals surface area contributed by atoms with Gasteiger partial charge in [0.25, 0.3) is 0 Å². The van der Waals surface area contributed by atoms with Gasteiger partial charge in [-0.3, -0.25) is 0 Å². The number of furan rings is 1. The van der Waals surface area contributed by atoms with Gasteiger partial charge in [-0.2, -0.15) is 0 Å². The molecule has 2 amide bonds. The summed E-state index contributed by atoms with van der Waals surface area (Å²) in [6.07, 6.45) is 0. The summed E-state index contributed by atoms with van der Waals surface area (Å²) in [6, 6.07) is 16.3. The average molecular weight is 354 g/mol. The van der Waals surface area contributed by atoms with E-state index in [-0.39, 0.29) is 12.1 Å². The number of carbonyl (C=O) groups excluding carboxylic acids is 1. The van der Waals surface area contributed by atoms with Crippen LogP contribution < -0.4 is 15.4 Å². The van der Waals surface area contributed by atoms with Gasteiger partial charge in [-0.05, 0) is 31.2 Å². The number of rotatable bonds is 7. The summed E-state index contributed by atoms with van der Waals surface area (Å²) in [5.41, 5.74) is 1.39. The number of fused-ring (bicyclic) bond motifs is 1. The van der Waals surface area contributed by atoms with Crippen LogP contribution in [-0.4, -0.2) is 26.4 Å². The van der Waals surface area contributed by atoms with E-state index in [1.54, 1.807) is 19.2 Å². The minimum atomic E-state index is -0.333. The molecule has 6 heteroatoms. The van der Waals surface area contributed by atoms with Crippen molar-refractivity contribution in [3.63, 3.8) is 0 Å². The number of nitrogens with one attached hydrogen (secondary N) is 2. The van der Waals surface area contributed by atoms with Crippen molar-refractivity contribution in [1.82, 2.24) is 5.32 Å². The summed E-state index contributed by atoms with van der Waals surface area (Å²) in [7, 11) is 1.61. The lowest BCUT2D eigenvalue weighted by atomic mass is 10.2. The Kier molecular flexibility index (Phi) is 5.76. The van der Waals surface area contributed by atoms with Crippen LogP contribution in [0, 0.1) is 0 Å². The van der Waals surface area contributed by atoms with Crippen molar-refractivity contribution in [2.24, 2.45) is 0 Å². The smallest absolute Gasteiger partial charge is 0.319 e. The van der Waals surface area contributed by atoms with E-state index >= 15 is 0 Å². The van der Waals surface area contributed by atoms with Crippen molar-refractivity contribution in [2.75, 3.05) is 25.6 Å². The topological polar surface area (TPSA) is 72.7 Å². The Morgan fingerprint density at radius 1 is 1.12 bits per heavy atom. The molecule has 6 nitrogen and oxygen atoms in total. The number of para-hydroxylation sites is 3. The Bertz CT molecular complexity index is 842. The molecule has 3 aromatic rings. The Hall–Kier alpha value is -2.99. The van der Waals surface area contributed by atoms with Crippen molar-refractivity contribution >= 4 is 22.7 Å². The Morgan fingerprint density at radius 2 is 1.88 bits per heavy atom. The van der Waals surface area contributed by atoms with E-state index in [4.69, 9.17) is 13.9 Å². The summed E-state index contributed by atoms with van der Waals surface area (Å²) < 4.78 is 16.4. The number of hydrogen-bond acceptors (Lipinski definition) is 4. The number of hydrogen-bond donors (Lipinski definition) is 2. The quantitative estimate of drug-likeness (QED) is 0.619. The SMILES string of the molecule is COCCOc1ccccc1NC(=O)NC(C)c1cc2ccccc2o1. The van der Waals surface area contributed by atoms with Crippen LogP contribution in [0.1, 0.15) is 18.7 Å². The first kappa shape index (κ1) is 17.8. The highest BCUT2D eigenvalue weighted by molar-refractivity contribution is 5.91.